The zero-order valence-corrected chi connectivity index (χ0v) is 22.2. The zero-order chi connectivity index (χ0) is 28.3. The maximum absolute atomic E-state index is 13.3. The fraction of sp³-hybridized carbons (Fsp3) is 0.296. The highest BCUT2D eigenvalue weighted by Gasteiger charge is 2.64. The Kier molecular flexibility index (Phi) is 7.95. The molecule has 2 aromatic rings. The number of rotatable bonds is 9. The molecule has 4 rings (SSSR count). The van der Waals surface area contributed by atoms with Gasteiger partial charge in [0.05, 0.1) is 7.11 Å². The van der Waals surface area contributed by atoms with Crippen molar-refractivity contribution >= 4 is 47.0 Å². The molecule has 2 fully saturated rings. The standard InChI is InChI=1S/C27H28N4O7S/c1-27(2)22(26(36)37)31-24(35)21(25(31)39-27)30-23(34)20(15-7-5-4-6-8-15)29-19(33)14-13-18(32)28-16-9-11-17(38-3)12-10-16/h4-14,20-22,25H,1-3H3,(H,28,32)(H,29,33)(H,30,34)(H,36,37)/b14-13+/t20?,21-,22+,25-/m1/s1. The first-order chi connectivity index (χ1) is 18.5. The van der Waals surface area contributed by atoms with Gasteiger partial charge in [-0.25, -0.2) is 4.79 Å². The van der Waals surface area contributed by atoms with Crippen molar-refractivity contribution in [2.75, 3.05) is 12.4 Å². The summed E-state index contributed by atoms with van der Waals surface area (Å²) in [5, 5.41) is 16.9. The smallest absolute Gasteiger partial charge is 0.327 e. The number of aliphatic carboxylic acids is 1. The van der Waals surface area contributed by atoms with Crippen LogP contribution in [0.5, 0.6) is 5.75 Å². The van der Waals surface area contributed by atoms with Crippen LogP contribution < -0.4 is 20.7 Å². The maximum Gasteiger partial charge on any atom is 0.327 e. The van der Waals surface area contributed by atoms with Crippen molar-refractivity contribution < 1.29 is 33.8 Å². The van der Waals surface area contributed by atoms with Crippen LogP contribution in [-0.4, -0.2) is 68.9 Å². The summed E-state index contributed by atoms with van der Waals surface area (Å²) in [5.74, 6) is -2.86. The van der Waals surface area contributed by atoms with E-state index in [0.29, 0.717) is 17.0 Å². The van der Waals surface area contributed by atoms with Gasteiger partial charge in [-0.2, -0.15) is 0 Å². The molecule has 0 aliphatic carbocycles. The van der Waals surface area contributed by atoms with Crippen LogP contribution in [0.1, 0.15) is 25.5 Å². The largest absolute Gasteiger partial charge is 0.497 e. The first-order valence-electron chi connectivity index (χ1n) is 12.0. The molecule has 204 valence electrons. The summed E-state index contributed by atoms with van der Waals surface area (Å²) in [4.78, 5) is 64.0. The van der Waals surface area contributed by atoms with Crippen LogP contribution in [0.4, 0.5) is 5.69 Å². The molecule has 1 unspecified atom stereocenters. The normalized spacial score (nSPS) is 21.9. The Balaban J connectivity index is 1.42. The molecule has 0 spiro atoms. The molecule has 4 N–H and O–H groups in total. The highest BCUT2D eigenvalue weighted by Crippen LogP contribution is 2.50. The Morgan fingerprint density at radius 3 is 2.28 bits per heavy atom. The summed E-state index contributed by atoms with van der Waals surface area (Å²) in [7, 11) is 1.53. The van der Waals surface area contributed by atoms with Gasteiger partial charge in [0.15, 0.2) is 0 Å². The number of benzene rings is 2. The van der Waals surface area contributed by atoms with Crippen LogP contribution in [0.3, 0.4) is 0 Å². The van der Waals surface area contributed by atoms with E-state index in [1.165, 1.54) is 23.8 Å². The van der Waals surface area contributed by atoms with Crippen molar-refractivity contribution in [3.05, 3.63) is 72.3 Å². The number of nitrogens with zero attached hydrogens (tertiary/aromatic N) is 1. The summed E-state index contributed by atoms with van der Waals surface area (Å²) in [5.41, 5.74) is 0.968. The van der Waals surface area contributed by atoms with Gasteiger partial charge in [0, 0.05) is 22.6 Å². The summed E-state index contributed by atoms with van der Waals surface area (Å²) in [6.07, 6.45) is 2.04. The molecular formula is C27H28N4O7S. The van der Waals surface area contributed by atoms with Crippen molar-refractivity contribution in [1.82, 2.24) is 15.5 Å². The molecule has 12 heteroatoms. The molecule has 11 nitrogen and oxygen atoms in total. The van der Waals surface area contributed by atoms with E-state index in [9.17, 15) is 29.1 Å². The monoisotopic (exact) mass is 552 g/mol. The quantitative estimate of drug-likeness (QED) is 0.271. The number of nitrogens with one attached hydrogen (secondary N) is 3. The van der Waals surface area contributed by atoms with E-state index >= 15 is 0 Å². The summed E-state index contributed by atoms with van der Waals surface area (Å²) >= 11 is 1.30. The molecule has 4 amide bonds. The number of carbonyl (C=O) groups is 5. The number of hydrogen-bond acceptors (Lipinski definition) is 7. The van der Waals surface area contributed by atoms with Crippen LogP contribution in [0.15, 0.2) is 66.7 Å². The van der Waals surface area contributed by atoms with Gasteiger partial charge in [0.2, 0.25) is 23.6 Å². The average Bonchev–Trinajstić information content (AvgIpc) is 3.17. The van der Waals surface area contributed by atoms with E-state index in [4.69, 9.17) is 4.74 Å². The predicted octanol–water partition coefficient (Wildman–Crippen LogP) is 1.68. The highest BCUT2D eigenvalue weighted by atomic mass is 32.2. The van der Waals surface area contributed by atoms with Gasteiger partial charge >= 0.3 is 5.97 Å². The van der Waals surface area contributed by atoms with Gasteiger partial charge in [-0.05, 0) is 43.7 Å². The number of carboxylic acid groups (broad SMARTS) is 1. The molecule has 2 heterocycles. The van der Waals surface area contributed by atoms with Crippen LogP contribution >= 0.6 is 11.8 Å². The number of fused-ring (bicyclic) bond motifs is 1. The van der Waals surface area contributed by atoms with E-state index in [-0.39, 0.29) is 0 Å². The van der Waals surface area contributed by atoms with Gasteiger partial charge in [0.1, 0.15) is 29.2 Å². The van der Waals surface area contributed by atoms with Gasteiger partial charge < -0.3 is 30.7 Å². The molecule has 39 heavy (non-hydrogen) atoms. The van der Waals surface area contributed by atoms with E-state index in [2.05, 4.69) is 16.0 Å². The van der Waals surface area contributed by atoms with Gasteiger partial charge in [-0.1, -0.05) is 30.3 Å². The Morgan fingerprint density at radius 1 is 1.03 bits per heavy atom. The molecule has 0 aromatic heterocycles. The van der Waals surface area contributed by atoms with Crippen LogP contribution in [0, 0.1) is 0 Å². The maximum atomic E-state index is 13.3. The number of anilines is 1. The van der Waals surface area contributed by atoms with Crippen molar-refractivity contribution in [3.63, 3.8) is 0 Å². The highest BCUT2D eigenvalue weighted by molar-refractivity contribution is 8.01. The SMILES string of the molecule is COc1ccc(NC(=O)/C=C/C(=O)NC(C(=O)N[C@@H]2C(=O)N3[C@@H]2SC(C)(C)[C@@H]3C(=O)O)c2ccccc2)cc1. The number of carboxylic acids is 1. The topological polar surface area (TPSA) is 154 Å². The Labute approximate surface area is 229 Å². The number of hydrogen-bond donors (Lipinski definition) is 4. The molecule has 0 radical (unpaired) electrons. The van der Waals surface area contributed by atoms with Crippen molar-refractivity contribution in [3.8, 4) is 5.75 Å². The van der Waals surface area contributed by atoms with Crippen molar-refractivity contribution in [1.29, 1.82) is 0 Å². The molecule has 2 aromatic carbocycles. The van der Waals surface area contributed by atoms with Crippen molar-refractivity contribution in [2.24, 2.45) is 0 Å². The fourth-order valence-electron chi connectivity index (χ4n) is 4.53. The van der Waals surface area contributed by atoms with Crippen molar-refractivity contribution in [2.45, 2.75) is 42.1 Å². The lowest BCUT2D eigenvalue weighted by atomic mass is 9.95. The molecule has 2 aliphatic heterocycles. The predicted molar refractivity (Wildman–Crippen MR) is 144 cm³/mol. The van der Waals surface area contributed by atoms with E-state index in [0.717, 1.165) is 12.2 Å². The number of carbonyl (C=O) groups excluding carboxylic acids is 4. The van der Waals surface area contributed by atoms with Crippen LogP contribution in [0.25, 0.3) is 0 Å². The molecular weight excluding hydrogens is 524 g/mol. The second-order valence-electron chi connectivity index (χ2n) is 9.49. The minimum atomic E-state index is -1.16. The second-order valence-corrected chi connectivity index (χ2v) is 11.3. The molecule has 2 aliphatic rings. The summed E-state index contributed by atoms with van der Waals surface area (Å²) in [6.45, 7) is 3.48. The lowest BCUT2D eigenvalue weighted by molar-refractivity contribution is -0.161. The fourth-order valence-corrected chi connectivity index (χ4v) is 6.15. The van der Waals surface area contributed by atoms with Gasteiger partial charge in [0.25, 0.3) is 0 Å². The third-order valence-corrected chi connectivity index (χ3v) is 7.97. The third-order valence-electron chi connectivity index (χ3n) is 6.40. The minimum Gasteiger partial charge on any atom is -0.497 e. The lowest BCUT2D eigenvalue weighted by Crippen LogP contribution is -2.71. The number of thioether (sulfide) groups is 1. The molecule has 4 atom stereocenters. The zero-order valence-electron chi connectivity index (χ0n) is 21.4. The Bertz CT molecular complexity index is 1310. The van der Waals surface area contributed by atoms with E-state index in [1.807, 2.05) is 0 Å². The third kappa shape index (κ3) is 5.90. The average molecular weight is 553 g/mol. The first-order valence-corrected chi connectivity index (χ1v) is 12.9. The molecule has 2 saturated heterocycles. The lowest BCUT2D eigenvalue weighted by Gasteiger charge is -2.44. The van der Waals surface area contributed by atoms with Crippen LogP contribution in [-0.2, 0) is 24.0 Å². The van der Waals surface area contributed by atoms with E-state index in [1.54, 1.807) is 68.4 Å². The van der Waals surface area contributed by atoms with E-state index < -0.39 is 57.8 Å². The summed E-state index contributed by atoms with van der Waals surface area (Å²) in [6, 6.07) is 12.0. The number of amides is 4. The molecule has 0 bridgehead atoms. The Hall–Kier alpha value is -4.32. The Morgan fingerprint density at radius 2 is 1.67 bits per heavy atom. The summed E-state index contributed by atoms with van der Waals surface area (Å²) < 4.78 is 4.33. The first kappa shape index (κ1) is 27.7. The number of ether oxygens (including phenoxy) is 1. The number of methoxy groups -OCH3 is 1. The minimum absolute atomic E-state index is 0.464. The van der Waals surface area contributed by atoms with Crippen LogP contribution in [0.2, 0.25) is 0 Å². The second kappa shape index (κ2) is 11.2. The molecule has 0 saturated carbocycles. The van der Waals surface area contributed by atoms with Gasteiger partial charge in [-0.3, -0.25) is 19.2 Å². The number of β-lactam (4-membered cyclic amide) rings is 1. The van der Waals surface area contributed by atoms with Gasteiger partial charge in [-0.15, -0.1) is 11.8 Å².